The van der Waals surface area contributed by atoms with Gasteiger partial charge in [0.2, 0.25) is 0 Å². The van der Waals surface area contributed by atoms with Crippen LogP contribution in [-0.4, -0.2) is 9.91 Å². The molecule has 0 spiro atoms. The van der Waals surface area contributed by atoms with Crippen molar-refractivity contribution in [1.29, 1.82) is 0 Å². The number of nitro groups is 1. The number of thiophene rings is 1. The third kappa shape index (κ3) is 3.46. The van der Waals surface area contributed by atoms with Crippen LogP contribution in [0.5, 0.6) is 0 Å². The molecule has 2 aromatic rings. The predicted octanol–water partition coefficient (Wildman–Crippen LogP) is 3.83. The lowest BCUT2D eigenvalue weighted by Crippen LogP contribution is -2.19. The summed E-state index contributed by atoms with van der Waals surface area (Å²) in [6.45, 7) is 8.16. The molecule has 0 amide bonds. The lowest BCUT2D eigenvalue weighted by atomic mass is 10.1. The van der Waals surface area contributed by atoms with E-state index in [2.05, 4.69) is 36.3 Å². The zero-order valence-corrected chi connectivity index (χ0v) is 13.5. The van der Waals surface area contributed by atoms with Crippen LogP contribution in [0.4, 0.5) is 5.69 Å². The van der Waals surface area contributed by atoms with E-state index in [0.29, 0.717) is 17.7 Å². The molecule has 2 rings (SSSR count). The van der Waals surface area contributed by atoms with Gasteiger partial charge in [-0.1, -0.05) is 0 Å². The third-order valence-corrected chi connectivity index (χ3v) is 4.71. The van der Waals surface area contributed by atoms with E-state index in [9.17, 15) is 10.1 Å². The van der Waals surface area contributed by atoms with Crippen LogP contribution in [-0.2, 0) is 6.54 Å². The van der Waals surface area contributed by atoms with Crippen molar-refractivity contribution in [1.82, 2.24) is 10.3 Å². The Kier molecular flexibility index (Phi) is 4.69. The topological polar surface area (TPSA) is 68.1 Å². The molecule has 0 aromatic carbocycles. The van der Waals surface area contributed by atoms with Crippen LogP contribution in [0.2, 0.25) is 0 Å². The summed E-state index contributed by atoms with van der Waals surface area (Å²) in [5.41, 5.74) is 2.14. The summed E-state index contributed by atoms with van der Waals surface area (Å²) >= 11 is 1.75. The molecule has 5 nitrogen and oxygen atoms in total. The van der Waals surface area contributed by atoms with Gasteiger partial charge in [0, 0.05) is 39.7 Å². The van der Waals surface area contributed by atoms with Gasteiger partial charge in [-0.15, -0.1) is 11.3 Å². The molecule has 0 saturated heterocycles. The quantitative estimate of drug-likeness (QED) is 0.673. The van der Waals surface area contributed by atoms with Gasteiger partial charge in [0.25, 0.3) is 5.69 Å². The van der Waals surface area contributed by atoms with Gasteiger partial charge in [-0.25, -0.2) is 0 Å². The summed E-state index contributed by atoms with van der Waals surface area (Å²) in [7, 11) is 0. The molecule has 0 aliphatic carbocycles. The minimum absolute atomic E-state index is 0.168. The Labute approximate surface area is 128 Å². The van der Waals surface area contributed by atoms with Gasteiger partial charge in [-0.3, -0.25) is 15.1 Å². The first-order valence-electron chi connectivity index (χ1n) is 6.79. The summed E-state index contributed by atoms with van der Waals surface area (Å²) in [6.07, 6.45) is 1.57. The van der Waals surface area contributed by atoms with Crippen LogP contribution in [0.15, 0.2) is 18.3 Å². The molecule has 1 atom stereocenters. The number of nitrogens with zero attached hydrogens (tertiary/aromatic N) is 2. The van der Waals surface area contributed by atoms with Crippen molar-refractivity contribution in [2.75, 3.05) is 0 Å². The second kappa shape index (κ2) is 6.32. The summed E-state index contributed by atoms with van der Waals surface area (Å²) in [6, 6.07) is 4.40. The molecular formula is C15H19N3O2S. The Morgan fingerprint density at radius 1 is 1.38 bits per heavy atom. The number of nitrogens with one attached hydrogen (secondary N) is 1. The van der Waals surface area contributed by atoms with E-state index in [1.807, 2.05) is 0 Å². The zero-order valence-electron chi connectivity index (χ0n) is 12.6. The maximum atomic E-state index is 11.1. The molecule has 0 aliphatic heterocycles. The minimum atomic E-state index is -0.331. The molecule has 112 valence electrons. The molecule has 21 heavy (non-hydrogen) atoms. The Bertz CT molecular complexity index is 667. The average Bonchev–Trinajstić information content (AvgIpc) is 2.84. The molecule has 0 fully saturated rings. The summed E-state index contributed by atoms with van der Waals surface area (Å²) in [5.74, 6) is 0. The first-order valence-corrected chi connectivity index (χ1v) is 7.61. The van der Waals surface area contributed by atoms with Gasteiger partial charge < -0.3 is 5.32 Å². The summed E-state index contributed by atoms with van der Waals surface area (Å²) < 4.78 is 0. The van der Waals surface area contributed by atoms with Gasteiger partial charge in [0.05, 0.1) is 10.6 Å². The highest BCUT2D eigenvalue weighted by molar-refractivity contribution is 7.12. The maximum Gasteiger partial charge on any atom is 0.278 e. The number of hydrogen-bond donors (Lipinski definition) is 1. The smallest absolute Gasteiger partial charge is 0.278 e. The number of rotatable bonds is 5. The molecule has 2 aromatic heterocycles. The highest BCUT2D eigenvalue weighted by Gasteiger charge is 2.19. The van der Waals surface area contributed by atoms with Crippen LogP contribution in [0.1, 0.15) is 39.5 Å². The van der Waals surface area contributed by atoms with Crippen molar-refractivity contribution in [3.63, 3.8) is 0 Å². The van der Waals surface area contributed by atoms with E-state index in [-0.39, 0.29) is 16.7 Å². The van der Waals surface area contributed by atoms with Gasteiger partial charge in [-0.2, -0.15) is 0 Å². The van der Waals surface area contributed by atoms with E-state index >= 15 is 0 Å². The Hall–Kier alpha value is -1.79. The number of pyridine rings is 1. The van der Waals surface area contributed by atoms with E-state index in [1.54, 1.807) is 31.4 Å². The van der Waals surface area contributed by atoms with Crippen LogP contribution in [0.3, 0.4) is 0 Å². The average molecular weight is 305 g/mol. The zero-order chi connectivity index (χ0) is 15.6. The fraction of sp³-hybridized carbons (Fsp3) is 0.400. The second-order valence-corrected chi connectivity index (χ2v) is 6.49. The maximum absolute atomic E-state index is 11.1. The van der Waals surface area contributed by atoms with E-state index in [1.165, 1.54) is 9.75 Å². The molecule has 6 heteroatoms. The Balaban J connectivity index is 2.13. The summed E-state index contributed by atoms with van der Waals surface area (Å²) in [4.78, 5) is 17.6. The SMILES string of the molecule is Cc1ccc(C(C)NCc2ncc(C)c([N+](=O)[O-])c2C)s1. The fourth-order valence-corrected chi connectivity index (χ4v) is 3.16. The predicted molar refractivity (Wildman–Crippen MR) is 84.7 cm³/mol. The normalized spacial score (nSPS) is 12.4. The van der Waals surface area contributed by atoms with Crippen molar-refractivity contribution in [3.8, 4) is 0 Å². The van der Waals surface area contributed by atoms with Crippen molar-refractivity contribution < 1.29 is 4.92 Å². The molecule has 0 saturated carbocycles. The lowest BCUT2D eigenvalue weighted by molar-refractivity contribution is -0.386. The Morgan fingerprint density at radius 3 is 2.67 bits per heavy atom. The van der Waals surface area contributed by atoms with Crippen LogP contribution >= 0.6 is 11.3 Å². The monoisotopic (exact) mass is 305 g/mol. The van der Waals surface area contributed by atoms with E-state index < -0.39 is 0 Å². The van der Waals surface area contributed by atoms with E-state index in [0.717, 1.165) is 5.69 Å². The fourth-order valence-electron chi connectivity index (χ4n) is 2.26. The first kappa shape index (κ1) is 15.6. The largest absolute Gasteiger partial charge is 0.304 e. The van der Waals surface area contributed by atoms with Gasteiger partial charge in [0.1, 0.15) is 0 Å². The first-order chi connectivity index (χ1) is 9.90. The molecule has 1 N–H and O–H groups in total. The Morgan fingerprint density at radius 2 is 2.10 bits per heavy atom. The number of hydrogen-bond acceptors (Lipinski definition) is 5. The third-order valence-electron chi connectivity index (χ3n) is 3.52. The van der Waals surface area contributed by atoms with Crippen molar-refractivity contribution in [2.45, 2.75) is 40.3 Å². The number of aryl methyl sites for hydroxylation is 2. The highest BCUT2D eigenvalue weighted by atomic mass is 32.1. The van der Waals surface area contributed by atoms with E-state index in [4.69, 9.17) is 0 Å². The standard InChI is InChI=1S/C15H19N3O2S/c1-9-7-17-13(11(3)15(9)18(19)20)8-16-12(4)14-6-5-10(2)21-14/h5-7,12,16H,8H2,1-4H3. The minimum Gasteiger partial charge on any atom is -0.304 e. The molecule has 0 aliphatic rings. The molecular weight excluding hydrogens is 286 g/mol. The highest BCUT2D eigenvalue weighted by Crippen LogP contribution is 2.25. The van der Waals surface area contributed by atoms with Crippen molar-refractivity contribution in [2.24, 2.45) is 0 Å². The van der Waals surface area contributed by atoms with Gasteiger partial charge in [-0.05, 0) is 39.8 Å². The number of aromatic nitrogens is 1. The molecule has 0 radical (unpaired) electrons. The lowest BCUT2D eigenvalue weighted by Gasteiger charge is -2.13. The van der Waals surface area contributed by atoms with Gasteiger partial charge >= 0.3 is 0 Å². The van der Waals surface area contributed by atoms with Crippen molar-refractivity contribution >= 4 is 17.0 Å². The van der Waals surface area contributed by atoms with Crippen LogP contribution in [0.25, 0.3) is 0 Å². The summed E-state index contributed by atoms with van der Waals surface area (Å²) in [5, 5.41) is 14.5. The van der Waals surface area contributed by atoms with Crippen molar-refractivity contribution in [3.05, 3.63) is 55.0 Å². The van der Waals surface area contributed by atoms with Gasteiger partial charge in [0.15, 0.2) is 0 Å². The second-order valence-electron chi connectivity index (χ2n) is 5.17. The van der Waals surface area contributed by atoms with Crippen LogP contribution < -0.4 is 5.32 Å². The molecule has 2 heterocycles. The van der Waals surface area contributed by atoms with Crippen LogP contribution in [0, 0.1) is 30.9 Å². The molecule has 1 unspecified atom stereocenters. The molecule has 0 bridgehead atoms.